The number of nitrogens with zero attached hydrogens (tertiary/aromatic N) is 4. The highest BCUT2D eigenvalue weighted by molar-refractivity contribution is 5.88. The van der Waals surface area contributed by atoms with Gasteiger partial charge in [-0.2, -0.15) is 0 Å². The molecule has 1 N–H and O–H groups in total. The number of piperazine rings is 1. The molecular weight excluding hydrogens is 426 g/mol. The second kappa shape index (κ2) is 12.7. The summed E-state index contributed by atoms with van der Waals surface area (Å²) in [6.45, 7) is 15.1. The van der Waals surface area contributed by atoms with Crippen LogP contribution in [0, 0.1) is 23.7 Å². The van der Waals surface area contributed by atoms with Crippen molar-refractivity contribution in [3.05, 3.63) is 18.2 Å². The predicted octanol–water partition coefficient (Wildman–Crippen LogP) is 3.58. The predicted molar refractivity (Wildman–Crippen MR) is 136 cm³/mol. The molecule has 3 aliphatic rings. The molecule has 192 valence electrons. The van der Waals surface area contributed by atoms with Gasteiger partial charge in [0.2, 0.25) is 11.8 Å². The maximum absolute atomic E-state index is 12.8. The average Bonchev–Trinajstić information content (AvgIpc) is 3.49. The molecule has 1 aliphatic carbocycles. The summed E-state index contributed by atoms with van der Waals surface area (Å²) in [5, 5.41) is 3.31. The summed E-state index contributed by atoms with van der Waals surface area (Å²) in [4.78, 5) is 33.9. The van der Waals surface area contributed by atoms with E-state index in [1.807, 2.05) is 11.1 Å². The lowest BCUT2D eigenvalue weighted by atomic mass is 9.93. The Morgan fingerprint density at radius 1 is 1.06 bits per heavy atom. The Hall–Kier alpha value is -1.89. The van der Waals surface area contributed by atoms with E-state index in [1.54, 1.807) is 4.90 Å². The van der Waals surface area contributed by atoms with Crippen LogP contribution in [0.5, 0.6) is 0 Å². The van der Waals surface area contributed by atoms with Crippen molar-refractivity contribution >= 4 is 11.8 Å². The number of hydrogen-bond donors (Lipinski definition) is 1. The normalized spacial score (nSPS) is 21.7. The van der Waals surface area contributed by atoms with E-state index in [9.17, 15) is 9.59 Å². The first kappa shape index (κ1) is 26.7. The lowest BCUT2D eigenvalue weighted by Gasteiger charge is -2.36. The van der Waals surface area contributed by atoms with Crippen molar-refractivity contribution in [2.75, 3.05) is 32.7 Å². The molecule has 7 nitrogen and oxygen atoms in total. The molecule has 0 radical (unpaired) electrons. The number of rotatable bonds is 8. The van der Waals surface area contributed by atoms with E-state index in [2.05, 4.69) is 55.7 Å². The molecule has 2 aliphatic heterocycles. The Bertz CT molecular complexity index is 775. The van der Waals surface area contributed by atoms with Gasteiger partial charge in [0.1, 0.15) is 5.82 Å². The number of imidazole rings is 1. The molecule has 4 rings (SSSR count). The number of carbonyl (C=O) groups is 2. The zero-order chi connectivity index (χ0) is 24.7. The number of likely N-dealkylation sites (tertiary alicyclic amines) is 1. The molecule has 3 heterocycles. The van der Waals surface area contributed by atoms with E-state index in [1.165, 1.54) is 18.7 Å². The summed E-state index contributed by atoms with van der Waals surface area (Å²) < 4.78 is 2.33. The fraction of sp³-hybridized carbons (Fsp3) is 0.815. The second-order valence-electron chi connectivity index (χ2n) is 11.6. The smallest absolute Gasteiger partial charge is 0.242 e. The van der Waals surface area contributed by atoms with Crippen LogP contribution in [0.2, 0.25) is 0 Å². The first-order valence-corrected chi connectivity index (χ1v) is 13.5. The van der Waals surface area contributed by atoms with E-state index in [4.69, 9.17) is 0 Å². The van der Waals surface area contributed by atoms with Crippen molar-refractivity contribution in [2.45, 2.75) is 85.7 Å². The molecule has 0 bridgehead atoms. The van der Waals surface area contributed by atoms with E-state index >= 15 is 0 Å². The van der Waals surface area contributed by atoms with Crippen molar-refractivity contribution in [3.63, 3.8) is 0 Å². The third-order valence-corrected chi connectivity index (χ3v) is 6.81. The summed E-state index contributed by atoms with van der Waals surface area (Å²) in [5.74, 6) is 4.12. The minimum Gasteiger partial charge on any atom is -0.341 e. The average molecular weight is 474 g/mol. The Morgan fingerprint density at radius 3 is 2.35 bits per heavy atom. The number of nitrogens with one attached hydrogen (secondary N) is 1. The molecule has 34 heavy (non-hydrogen) atoms. The third-order valence-electron chi connectivity index (χ3n) is 6.81. The maximum Gasteiger partial charge on any atom is 0.242 e. The Kier molecular flexibility index (Phi) is 9.98. The van der Waals surface area contributed by atoms with Gasteiger partial charge in [-0.1, -0.05) is 34.6 Å². The van der Waals surface area contributed by atoms with Gasteiger partial charge in [-0.25, -0.2) is 4.98 Å². The minimum absolute atomic E-state index is 0.0840. The Balaban J connectivity index is 0.000000751. The molecule has 7 heteroatoms. The highest BCUT2D eigenvalue weighted by atomic mass is 16.2. The summed E-state index contributed by atoms with van der Waals surface area (Å²) in [5.41, 5.74) is 0. The number of amides is 2. The fourth-order valence-corrected chi connectivity index (χ4v) is 4.79. The van der Waals surface area contributed by atoms with Crippen LogP contribution in [0.4, 0.5) is 0 Å². The van der Waals surface area contributed by atoms with Gasteiger partial charge in [0.25, 0.3) is 0 Å². The van der Waals surface area contributed by atoms with Gasteiger partial charge in [-0.15, -0.1) is 0 Å². The Labute approximate surface area is 206 Å². The van der Waals surface area contributed by atoms with Gasteiger partial charge in [0.15, 0.2) is 0 Å². The van der Waals surface area contributed by atoms with E-state index in [0.717, 1.165) is 63.7 Å². The van der Waals surface area contributed by atoms with Crippen molar-refractivity contribution in [2.24, 2.45) is 23.7 Å². The van der Waals surface area contributed by atoms with Gasteiger partial charge in [0, 0.05) is 51.5 Å². The van der Waals surface area contributed by atoms with Crippen LogP contribution in [0.3, 0.4) is 0 Å². The number of piperidine rings is 1. The summed E-state index contributed by atoms with van der Waals surface area (Å²) in [7, 11) is 0. The van der Waals surface area contributed by atoms with Gasteiger partial charge >= 0.3 is 0 Å². The minimum atomic E-state index is -0.142. The number of aromatic nitrogens is 2. The van der Waals surface area contributed by atoms with Crippen LogP contribution < -0.4 is 5.32 Å². The SMILES string of the molecule is CC(C)C.CC(C)C[C@@H]1NCCN(CC(=O)N2CCC(Cc3nccn3CC3CC3)CC2)C1=O. The maximum atomic E-state index is 12.8. The molecule has 1 aromatic heterocycles. The van der Waals surface area contributed by atoms with Crippen molar-refractivity contribution in [3.8, 4) is 0 Å². The lowest BCUT2D eigenvalue weighted by Crippen LogP contribution is -2.57. The number of hydrogen-bond acceptors (Lipinski definition) is 4. The van der Waals surface area contributed by atoms with Crippen molar-refractivity contribution < 1.29 is 9.59 Å². The van der Waals surface area contributed by atoms with Crippen molar-refractivity contribution in [1.82, 2.24) is 24.7 Å². The molecule has 2 amide bonds. The highest BCUT2D eigenvalue weighted by Crippen LogP contribution is 2.31. The molecule has 0 aromatic carbocycles. The summed E-state index contributed by atoms with van der Waals surface area (Å²) >= 11 is 0. The fourth-order valence-electron chi connectivity index (χ4n) is 4.79. The summed E-state index contributed by atoms with van der Waals surface area (Å²) in [6, 6.07) is -0.142. The third kappa shape index (κ3) is 8.40. The van der Waals surface area contributed by atoms with Gasteiger partial charge < -0.3 is 19.7 Å². The standard InChI is InChI=1S/C23H37N5O2.C4H10/c1-17(2)13-20-23(30)28(12-7-24-20)16-22(29)26-9-5-18(6-10-26)14-21-25-8-11-27(21)15-19-3-4-19;1-4(2)3/h8,11,17-20,24H,3-7,9-10,12-16H2,1-2H3;4H,1-3H3/t20-;/m0./s1. The first-order valence-electron chi connectivity index (χ1n) is 13.5. The molecule has 0 spiro atoms. The topological polar surface area (TPSA) is 70.5 Å². The summed E-state index contributed by atoms with van der Waals surface area (Å²) in [6.07, 6.45) is 10.6. The zero-order valence-corrected chi connectivity index (χ0v) is 22.1. The quantitative estimate of drug-likeness (QED) is 0.626. The van der Waals surface area contributed by atoms with Gasteiger partial charge in [-0.05, 0) is 55.8 Å². The molecular formula is C27H47N5O2. The first-order chi connectivity index (χ1) is 16.2. The van der Waals surface area contributed by atoms with Gasteiger partial charge in [0.05, 0.1) is 12.6 Å². The van der Waals surface area contributed by atoms with Crippen LogP contribution in [-0.2, 0) is 22.6 Å². The molecule has 1 aromatic rings. The van der Waals surface area contributed by atoms with Crippen LogP contribution in [0.25, 0.3) is 0 Å². The van der Waals surface area contributed by atoms with Crippen LogP contribution in [0.15, 0.2) is 12.4 Å². The van der Waals surface area contributed by atoms with E-state index in [-0.39, 0.29) is 24.4 Å². The van der Waals surface area contributed by atoms with Crippen LogP contribution >= 0.6 is 0 Å². The molecule has 3 fully saturated rings. The lowest BCUT2D eigenvalue weighted by molar-refractivity contribution is -0.144. The highest BCUT2D eigenvalue weighted by Gasteiger charge is 2.32. The molecule has 1 saturated carbocycles. The van der Waals surface area contributed by atoms with Gasteiger partial charge in [-0.3, -0.25) is 9.59 Å². The molecule has 0 unspecified atom stereocenters. The van der Waals surface area contributed by atoms with E-state index < -0.39 is 0 Å². The number of carbonyl (C=O) groups excluding carboxylic acids is 2. The van der Waals surface area contributed by atoms with E-state index in [0.29, 0.717) is 18.4 Å². The largest absolute Gasteiger partial charge is 0.341 e. The molecule has 2 saturated heterocycles. The van der Waals surface area contributed by atoms with Crippen molar-refractivity contribution in [1.29, 1.82) is 0 Å². The van der Waals surface area contributed by atoms with Crippen LogP contribution in [0.1, 0.15) is 72.5 Å². The van der Waals surface area contributed by atoms with Crippen LogP contribution in [-0.4, -0.2) is 69.9 Å². The zero-order valence-electron chi connectivity index (χ0n) is 22.1. The Morgan fingerprint density at radius 2 is 1.74 bits per heavy atom. The second-order valence-corrected chi connectivity index (χ2v) is 11.6. The monoisotopic (exact) mass is 473 g/mol. The molecule has 1 atom stereocenters.